The van der Waals surface area contributed by atoms with Gasteiger partial charge in [0.05, 0.1) is 30.7 Å². The van der Waals surface area contributed by atoms with Gasteiger partial charge >= 0.3 is 0 Å². The summed E-state index contributed by atoms with van der Waals surface area (Å²) in [6.45, 7) is 3.76. The van der Waals surface area contributed by atoms with E-state index in [1.807, 2.05) is 6.92 Å². The number of sulfone groups is 1. The Balaban J connectivity index is 1.94. The minimum atomic E-state index is -3.39. The molecular weight excluding hydrogens is 354 g/mol. The Labute approximate surface area is 146 Å². The average molecular weight is 376 g/mol. The lowest BCUT2D eigenvalue weighted by Crippen LogP contribution is -2.44. The fourth-order valence-corrected chi connectivity index (χ4v) is 5.37. The van der Waals surface area contributed by atoms with Crippen LogP contribution >= 0.6 is 11.6 Å². The fourth-order valence-electron chi connectivity index (χ4n) is 3.14. The molecule has 134 valence electrons. The number of aliphatic hydroxyl groups is 1. The van der Waals surface area contributed by atoms with E-state index in [1.54, 1.807) is 6.07 Å². The molecule has 7 nitrogen and oxygen atoms in total. The quantitative estimate of drug-likeness (QED) is 0.745. The molecule has 0 unspecified atom stereocenters. The van der Waals surface area contributed by atoms with E-state index in [9.17, 15) is 8.42 Å². The SMILES string of the molecule is C[C@H]1COCCN1c1cc(C2(S(=O)(=O)CCCO)CC2)nc(Cl)n1. The van der Waals surface area contributed by atoms with E-state index in [1.165, 1.54) is 0 Å². The molecule has 1 N–H and O–H groups in total. The van der Waals surface area contributed by atoms with E-state index >= 15 is 0 Å². The summed E-state index contributed by atoms with van der Waals surface area (Å²) in [5.74, 6) is 0.596. The Morgan fingerprint density at radius 2 is 2.21 bits per heavy atom. The summed E-state index contributed by atoms with van der Waals surface area (Å²) in [4.78, 5) is 10.6. The Kier molecular flexibility index (Phi) is 5.01. The Bertz CT molecular complexity index is 709. The van der Waals surface area contributed by atoms with Crippen molar-refractivity contribution in [2.75, 3.05) is 37.0 Å². The predicted molar refractivity (Wildman–Crippen MR) is 91.1 cm³/mol. The maximum Gasteiger partial charge on any atom is 0.224 e. The molecule has 2 heterocycles. The number of aliphatic hydroxyl groups excluding tert-OH is 1. The van der Waals surface area contributed by atoms with Gasteiger partial charge in [0.25, 0.3) is 0 Å². The van der Waals surface area contributed by atoms with Crippen molar-refractivity contribution in [2.24, 2.45) is 0 Å². The Hall–Kier alpha value is -0.960. The number of halogens is 1. The number of hydrogen-bond donors (Lipinski definition) is 1. The number of nitrogens with zero attached hydrogens (tertiary/aromatic N) is 3. The molecule has 1 aliphatic carbocycles. The zero-order chi connectivity index (χ0) is 17.4. The molecule has 1 aromatic rings. The first-order valence-corrected chi connectivity index (χ1v) is 10.2. The van der Waals surface area contributed by atoms with Crippen molar-refractivity contribution in [1.82, 2.24) is 9.97 Å². The maximum absolute atomic E-state index is 12.7. The molecule has 0 bridgehead atoms. The third-order valence-corrected chi connectivity index (χ3v) is 7.49. The van der Waals surface area contributed by atoms with Gasteiger partial charge in [-0.2, -0.15) is 0 Å². The largest absolute Gasteiger partial charge is 0.396 e. The van der Waals surface area contributed by atoms with Crippen LogP contribution in [0.15, 0.2) is 6.07 Å². The molecular formula is C15H22ClN3O4S. The van der Waals surface area contributed by atoms with Crippen molar-refractivity contribution in [3.05, 3.63) is 17.0 Å². The van der Waals surface area contributed by atoms with Gasteiger partial charge < -0.3 is 14.7 Å². The lowest BCUT2D eigenvalue weighted by Gasteiger charge is -2.34. The smallest absolute Gasteiger partial charge is 0.224 e. The highest BCUT2D eigenvalue weighted by atomic mass is 35.5. The van der Waals surface area contributed by atoms with Crippen molar-refractivity contribution in [2.45, 2.75) is 37.0 Å². The molecule has 2 aliphatic rings. The lowest BCUT2D eigenvalue weighted by atomic mass is 10.2. The first-order chi connectivity index (χ1) is 11.4. The van der Waals surface area contributed by atoms with E-state index < -0.39 is 14.6 Å². The number of anilines is 1. The normalized spacial score (nSPS) is 23.3. The van der Waals surface area contributed by atoms with E-state index in [0.717, 1.165) is 0 Å². The van der Waals surface area contributed by atoms with Gasteiger partial charge in [-0.3, -0.25) is 0 Å². The van der Waals surface area contributed by atoms with E-state index in [-0.39, 0.29) is 30.1 Å². The van der Waals surface area contributed by atoms with Gasteiger partial charge in [-0.15, -0.1) is 0 Å². The van der Waals surface area contributed by atoms with Crippen LogP contribution in [-0.2, 0) is 19.3 Å². The first-order valence-electron chi connectivity index (χ1n) is 8.12. The lowest BCUT2D eigenvalue weighted by molar-refractivity contribution is 0.0985. The van der Waals surface area contributed by atoms with Crippen LogP contribution in [0.1, 0.15) is 31.9 Å². The second-order valence-electron chi connectivity index (χ2n) is 6.39. The van der Waals surface area contributed by atoms with E-state index in [2.05, 4.69) is 14.9 Å². The molecule has 2 fully saturated rings. The molecule has 0 spiro atoms. The third kappa shape index (κ3) is 3.24. The monoisotopic (exact) mass is 375 g/mol. The highest BCUT2D eigenvalue weighted by molar-refractivity contribution is 7.92. The molecule has 1 saturated carbocycles. The first kappa shape index (κ1) is 17.8. The zero-order valence-electron chi connectivity index (χ0n) is 13.6. The third-order valence-electron chi connectivity index (χ3n) is 4.68. The summed E-state index contributed by atoms with van der Waals surface area (Å²) in [6, 6.07) is 1.88. The van der Waals surface area contributed by atoms with Crippen LogP contribution in [0.4, 0.5) is 5.82 Å². The van der Waals surface area contributed by atoms with Crippen molar-refractivity contribution >= 4 is 27.3 Å². The second-order valence-corrected chi connectivity index (χ2v) is 9.15. The van der Waals surface area contributed by atoms with Gasteiger partial charge in [0.15, 0.2) is 9.84 Å². The van der Waals surface area contributed by atoms with Crippen LogP contribution in [0.3, 0.4) is 0 Å². The van der Waals surface area contributed by atoms with Gasteiger partial charge in [-0.05, 0) is 37.8 Å². The predicted octanol–water partition coefficient (Wildman–Crippen LogP) is 1.14. The van der Waals surface area contributed by atoms with Crippen LogP contribution in [0.2, 0.25) is 5.28 Å². The molecule has 1 aromatic heterocycles. The summed E-state index contributed by atoms with van der Waals surface area (Å²) in [7, 11) is -3.39. The number of morpholine rings is 1. The molecule has 9 heteroatoms. The highest BCUT2D eigenvalue weighted by Gasteiger charge is 2.56. The Morgan fingerprint density at radius 1 is 1.46 bits per heavy atom. The molecule has 3 rings (SSSR count). The van der Waals surface area contributed by atoms with Crippen molar-refractivity contribution in [3.8, 4) is 0 Å². The number of aromatic nitrogens is 2. The van der Waals surface area contributed by atoms with Gasteiger partial charge in [-0.1, -0.05) is 0 Å². The molecule has 1 saturated heterocycles. The summed E-state index contributed by atoms with van der Waals surface area (Å²) in [6.07, 6.45) is 1.30. The van der Waals surface area contributed by atoms with Gasteiger partial charge in [0.1, 0.15) is 10.6 Å². The van der Waals surface area contributed by atoms with E-state index in [0.29, 0.717) is 44.1 Å². The van der Waals surface area contributed by atoms with Crippen LogP contribution in [0.5, 0.6) is 0 Å². The van der Waals surface area contributed by atoms with Gasteiger partial charge in [-0.25, -0.2) is 18.4 Å². The summed E-state index contributed by atoms with van der Waals surface area (Å²) < 4.78 is 29.8. The van der Waals surface area contributed by atoms with Gasteiger partial charge in [0, 0.05) is 19.2 Å². The average Bonchev–Trinajstić information content (AvgIpc) is 3.35. The number of hydrogen-bond acceptors (Lipinski definition) is 7. The van der Waals surface area contributed by atoms with Gasteiger partial charge in [0.2, 0.25) is 5.28 Å². The van der Waals surface area contributed by atoms with E-state index in [4.69, 9.17) is 21.4 Å². The van der Waals surface area contributed by atoms with Crippen LogP contribution < -0.4 is 4.90 Å². The molecule has 0 amide bonds. The zero-order valence-corrected chi connectivity index (χ0v) is 15.2. The highest BCUT2D eigenvalue weighted by Crippen LogP contribution is 2.53. The topological polar surface area (TPSA) is 92.6 Å². The Morgan fingerprint density at radius 3 is 2.83 bits per heavy atom. The minimum Gasteiger partial charge on any atom is -0.396 e. The number of ether oxygens (including phenoxy) is 1. The van der Waals surface area contributed by atoms with Crippen LogP contribution in [0.25, 0.3) is 0 Å². The maximum atomic E-state index is 12.7. The van der Waals surface area contributed by atoms with Crippen LogP contribution in [-0.4, -0.2) is 61.7 Å². The fraction of sp³-hybridized carbons (Fsp3) is 0.733. The van der Waals surface area contributed by atoms with Crippen molar-refractivity contribution < 1.29 is 18.3 Å². The van der Waals surface area contributed by atoms with Crippen LogP contribution in [0, 0.1) is 0 Å². The molecule has 1 aliphatic heterocycles. The van der Waals surface area contributed by atoms with Crippen molar-refractivity contribution in [1.29, 1.82) is 0 Å². The molecule has 24 heavy (non-hydrogen) atoms. The molecule has 0 aromatic carbocycles. The minimum absolute atomic E-state index is 0.0472. The van der Waals surface area contributed by atoms with Crippen molar-refractivity contribution in [3.63, 3.8) is 0 Å². The summed E-state index contributed by atoms with van der Waals surface area (Å²) in [5.41, 5.74) is 0.467. The standard InChI is InChI=1S/C15H22ClN3O4S/c1-11-10-23-7-5-19(11)13-9-12(17-14(16)18-13)15(3-4-15)24(21,22)8-2-6-20/h9,11,20H,2-8,10H2,1H3/t11-/m0/s1. The summed E-state index contributed by atoms with van der Waals surface area (Å²) >= 11 is 6.09. The molecule has 1 atom stereocenters. The second kappa shape index (κ2) is 6.74. The molecule has 0 radical (unpaired) electrons. The number of rotatable bonds is 6. The summed E-state index contributed by atoms with van der Waals surface area (Å²) in [5, 5.41) is 9.00.